The standard InChI is InChI=1S/C12H19N3O2/c1-7(2)10(12(16)17-4)15-11-9(13)8(3)5-6-14-11/h5-7,10H,13H2,1-4H3,(H,14,15). The van der Waals surface area contributed by atoms with Crippen molar-refractivity contribution in [3.63, 3.8) is 0 Å². The van der Waals surface area contributed by atoms with Crippen LogP contribution < -0.4 is 11.1 Å². The van der Waals surface area contributed by atoms with Gasteiger partial charge in [0.1, 0.15) is 11.9 Å². The highest BCUT2D eigenvalue weighted by Gasteiger charge is 2.24. The van der Waals surface area contributed by atoms with E-state index in [2.05, 4.69) is 10.3 Å². The zero-order valence-corrected chi connectivity index (χ0v) is 10.7. The molecule has 1 aromatic rings. The molecule has 0 radical (unpaired) electrons. The lowest BCUT2D eigenvalue weighted by molar-refractivity contribution is -0.142. The first-order valence-electron chi connectivity index (χ1n) is 5.52. The van der Waals surface area contributed by atoms with Crippen molar-refractivity contribution >= 4 is 17.5 Å². The molecule has 0 bridgehead atoms. The van der Waals surface area contributed by atoms with Crippen molar-refractivity contribution in [1.29, 1.82) is 0 Å². The number of hydrogen-bond acceptors (Lipinski definition) is 5. The Labute approximate surface area is 101 Å². The molecule has 0 saturated heterocycles. The van der Waals surface area contributed by atoms with Gasteiger partial charge >= 0.3 is 5.97 Å². The van der Waals surface area contributed by atoms with E-state index >= 15 is 0 Å². The van der Waals surface area contributed by atoms with Crippen LogP contribution in [0, 0.1) is 12.8 Å². The molecule has 0 spiro atoms. The minimum Gasteiger partial charge on any atom is -0.467 e. The predicted molar refractivity (Wildman–Crippen MR) is 67.7 cm³/mol. The number of carbonyl (C=O) groups is 1. The smallest absolute Gasteiger partial charge is 0.328 e. The van der Waals surface area contributed by atoms with E-state index in [4.69, 9.17) is 10.5 Å². The van der Waals surface area contributed by atoms with E-state index in [1.165, 1.54) is 7.11 Å². The Morgan fingerprint density at radius 1 is 1.53 bits per heavy atom. The van der Waals surface area contributed by atoms with Gasteiger partial charge in [-0.05, 0) is 24.5 Å². The molecule has 1 atom stereocenters. The number of aryl methyl sites for hydroxylation is 1. The van der Waals surface area contributed by atoms with Crippen molar-refractivity contribution < 1.29 is 9.53 Å². The van der Waals surface area contributed by atoms with Crippen molar-refractivity contribution in [3.05, 3.63) is 17.8 Å². The molecular formula is C12H19N3O2. The molecule has 0 aliphatic heterocycles. The van der Waals surface area contributed by atoms with Crippen molar-refractivity contribution in [3.8, 4) is 0 Å². The molecule has 0 fully saturated rings. The lowest BCUT2D eigenvalue weighted by atomic mass is 10.0. The average Bonchev–Trinajstić information content (AvgIpc) is 2.29. The van der Waals surface area contributed by atoms with Gasteiger partial charge in [-0.2, -0.15) is 0 Å². The van der Waals surface area contributed by atoms with Crippen LogP contribution in [0.2, 0.25) is 0 Å². The second-order valence-corrected chi connectivity index (χ2v) is 4.28. The second kappa shape index (κ2) is 5.52. The van der Waals surface area contributed by atoms with E-state index in [0.717, 1.165) is 5.56 Å². The summed E-state index contributed by atoms with van der Waals surface area (Å²) in [7, 11) is 1.37. The normalized spacial score (nSPS) is 12.3. The molecule has 5 nitrogen and oxygen atoms in total. The largest absolute Gasteiger partial charge is 0.467 e. The third kappa shape index (κ3) is 3.09. The minimum atomic E-state index is -0.448. The lowest BCUT2D eigenvalue weighted by Gasteiger charge is -2.21. The monoisotopic (exact) mass is 237 g/mol. The van der Waals surface area contributed by atoms with Gasteiger partial charge in [0, 0.05) is 6.20 Å². The summed E-state index contributed by atoms with van der Waals surface area (Å²) in [5.41, 5.74) is 7.38. The molecule has 5 heteroatoms. The topological polar surface area (TPSA) is 77.2 Å². The highest BCUT2D eigenvalue weighted by Crippen LogP contribution is 2.21. The maximum Gasteiger partial charge on any atom is 0.328 e. The Morgan fingerprint density at radius 3 is 2.71 bits per heavy atom. The van der Waals surface area contributed by atoms with E-state index in [-0.39, 0.29) is 11.9 Å². The number of nitrogens with two attached hydrogens (primary N) is 1. The summed E-state index contributed by atoms with van der Waals surface area (Å²) in [6.07, 6.45) is 1.66. The molecule has 1 unspecified atom stereocenters. The number of anilines is 2. The van der Waals surface area contributed by atoms with Crippen molar-refractivity contribution in [2.45, 2.75) is 26.8 Å². The summed E-state index contributed by atoms with van der Waals surface area (Å²) < 4.78 is 4.75. The van der Waals surface area contributed by atoms with E-state index in [1.54, 1.807) is 6.20 Å². The molecule has 17 heavy (non-hydrogen) atoms. The van der Waals surface area contributed by atoms with Gasteiger partial charge in [0.15, 0.2) is 0 Å². The Morgan fingerprint density at radius 2 is 2.18 bits per heavy atom. The zero-order chi connectivity index (χ0) is 13.0. The molecule has 1 rings (SSSR count). The lowest BCUT2D eigenvalue weighted by Crippen LogP contribution is -2.36. The number of nitrogen functional groups attached to an aromatic ring is 1. The van der Waals surface area contributed by atoms with Gasteiger partial charge in [0.2, 0.25) is 0 Å². The first kappa shape index (κ1) is 13.3. The van der Waals surface area contributed by atoms with E-state index in [9.17, 15) is 4.79 Å². The van der Waals surface area contributed by atoms with Gasteiger partial charge in [-0.1, -0.05) is 13.8 Å². The van der Waals surface area contributed by atoms with Crippen LogP contribution >= 0.6 is 0 Å². The highest BCUT2D eigenvalue weighted by molar-refractivity contribution is 5.81. The summed E-state index contributed by atoms with van der Waals surface area (Å²) in [6.45, 7) is 5.76. The van der Waals surface area contributed by atoms with Crippen molar-refractivity contribution in [1.82, 2.24) is 4.98 Å². The Hall–Kier alpha value is -1.78. The number of hydrogen-bond donors (Lipinski definition) is 2. The Bertz CT molecular complexity index is 405. The fourth-order valence-electron chi connectivity index (χ4n) is 1.46. The van der Waals surface area contributed by atoms with Crippen molar-refractivity contribution in [2.24, 2.45) is 5.92 Å². The van der Waals surface area contributed by atoms with Crippen LogP contribution in [0.15, 0.2) is 12.3 Å². The first-order valence-corrected chi connectivity index (χ1v) is 5.52. The third-order valence-electron chi connectivity index (χ3n) is 2.62. The molecule has 0 aromatic carbocycles. The highest BCUT2D eigenvalue weighted by atomic mass is 16.5. The number of aromatic nitrogens is 1. The quantitative estimate of drug-likeness (QED) is 0.777. The SMILES string of the molecule is COC(=O)C(Nc1nccc(C)c1N)C(C)C. The summed E-state index contributed by atoms with van der Waals surface area (Å²) in [6, 6.07) is 1.37. The second-order valence-electron chi connectivity index (χ2n) is 4.28. The number of esters is 1. The number of nitrogens with zero attached hydrogens (tertiary/aromatic N) is 1. The first-order chi connectivity index (χ1) is 7.97. The molecule has 0 aliphatic rings. The van der Waals surface area contributed by atoms with Gasteiger partial charge in [0.25, 0.3) is 0 Å². The van der Waals surface area contributed by atoms with E-state index in [0.29, 0.717) is 11.5 Å². The number of pyridine rings is 1. The van der Waals surface area contributed by atoms with Gasteiger partial charge < -0.3 is 15.8 Å². The molecule has 94 valence electrons. The number of rotatable bonds is 4. The number of nitrogens with one attached hydrogen (secondary N) is 1. The summed E-state index contributed by atoms with van der Waals surface area (Å²) in [4.78, 5) is 15.7. The van der Waals surface area contributed by atoms with Gasteiger partial charge in [-0.15, -0.1) is 0 Å². The molecule has 1 aromatic heterocycles. The van der Waals surface area contributed by atoms with Crippen LogP contribution in [0.4, 0.5) is 11.5 Å². The van der Waals surface area contributed by atoms with E-state index < -0.39 is 6.04 Å². The molecular weight excluding hydrogens is 218 g/mol. The molecule has 0 amide bonds. The van der Waals surface area contributed by atoms with Crippen LogP contribution in [-0.4, -0.2) is 24.1 Å². The van der Waals surface area contributed by atoms with Crippen LogP contribution in [0.5, 0.6) is 0 Å². The fourth-order valence-corrected chi connectivity index (χ4v) is 1.46. The van der Waals surface area contributed by atoms with Crippen LogP contribution in [0.25, 0.3) is 0 Å². The van der Waals surface area contributed by atoms with E-state index in [1.807, 2.05) is 26.8 Å². The molecule has 1 heterocycles. The van der Waals surface area contributed by atoms with Gasteiger partial charge in [-0.25, -0.2) is 9.78 Å². The van der Waals surface area contributed by atoms with Crippen molar-refractivity contribution in [2.75, 3.05) is 18.2 Å². The van der Waals surface area contributed by atoms with Crippen LogP contribution in [0.1, 0.15) is 19.4 Å². The fraction of sp³-hybridized carbons (Fsp3) is 0.500. The number of carbonyl (C=O) groups excluding carboxylic acids is 1. The van der Waals surface area contributed by atoms with Crippen LogP contribution in [-0.2, 0) is 9.53 Å². The Balaban J connectivity index is 2.94. The molecule has 0 aliphatic carbocycles. The zero-order valence-electron chi connectivity index (χ0n) is 10.7. The van der Waals surface area contributed by atoms with Crippen LogP contribution in [0.3, 0.4) is 0 Å². The van der Waals surface area contributed by atoms with Gasteiger partial charge in [0.05, 0.1) is 12.8 Å². The average molecular weight is 237 g/mol. The minimum absolute atomic E-state index is 0.0872. The number of methoxy groups -OCH3 is 1. The maximum absolute atomic E-state index is 11.6. The van der Waals surface area contributed by atoms with Gasteiger partial charge in [-0.3, -0.25) is 0 Å². The number of ether oxygens (including phenoxy) is 1. The summed E-state index contributed by atoms with van der Waals surface area (Å²) in [5, 5.41) is 3.03. The summed E-state index contributed by atoms with van der Waals surface area (Å²) >= 11 is 0. The Kier molecular flexibility index (Phi) is 4.31. The third-order valence-corrected chi connectivity index (χ3v) is 2.62. The molecule has 0 saturated carbocycles. The summed E-state index contributed by atoms with van der Waals surface area (Å²) in [5.74, 6) is 0.293. The maximum atomic E-state index is 11.6. The molecule has 3 N–H and O–H groups in total. The predicted octanol–water partition coefficient (Wildman–Crippen LogP) is 1.58.